The molecule has 0 aliphatic carbocycles. The van der Waals surface area contributed by atoms with E-state index >= 15 is 0 Å². The molecule has 4 heterocycles. The maximum atomic E-state index is 12.9. The summed E-state index contributed by atoms with van der Waals surface area (Å²) < 4.78 is 0. The minimum absolute atomic E-state index is 0.156. The molecule has 5 rings (SSSR count). The lowest BCUT2D eigenvalue weighted by molar-refractivity contribution is -0.131. The number of piperidine rings is 1. The van der Waals surface area contributed by atoms with Crippen LogP contribution in [0.1, 0.15) is 39.8 Å². The molecule has 2 amide bonds. The Labute approximate surface area is 189 Å². The highest BCUT2D eigenvalue weighted by Crippen LogP contribution is 2.31. The van der Waals surface area contributed by atoms with Gasteiger partial charge in [-0.2, -0.15) is 0 Å². The summed E-state index contributed by atoms with van der Waals surface area (Å²) in [7, 11) is 0. The number of pyridine rings is 1. The Balaban J connectivity index is 1.17. The molecule has 7 nitrogen and oxygen atoms in total. The highest BCUT2D eigenvalue weighted by molar-refractivity contribution is 7.10. The smallest absolute Gasteiger partial charge is 0.275 e. The van der Waals surface area contributed by atoms with Gasteiger partial charge in [-0.25, -0.2) is 4.98 Å². The largest absolute Gasteiger partial charge is 0.361 e. The van der Waals surface area contributed by atoms with Gasteiger partial charge < -0.3 is 15.2 Å². The van der Waals surface area contributed by atoms with Crippen LogP contribution in [0.25, 0.3) is 10.9 Å². The van der Waals surface area contributed by atoms with Crippen LogP contribution < -0.4 is 5.32 Å². The number of para-hydroxylation sites is 1. The first kappa shape index (κ1) is 20.4. The first-order valence-electron chi connectivity index (χ1n) is 10.7. The number of hydrogen-bond acceptors (Lipinski definition) is 5. The van der Waals surface area contributed by atoms with E-state index in [1.165, 1.54) is 11.3 Å². The van der Waals surface area contributed by atoms with Crippen molar-refractivity contribution in [3.8, 4) is 0 Å². The number of nitrogens with zero attached hydrogens (tertiary/aromatic N) is 3. The number of H-pyrrole nitrogens is 1. The summed E-state index contributed by atoms with van der Waals surface area (Å²) in [4.78, 5) is 39.1. The van der Waals surface area contributed by atoms with Crippen LogP contribution in [0.15, 0.2) is 60.4 Å². The van der Waals surface area contributed by atoms with E-state index in [9.17, 15) is 9.59 Å². The molecular formula is C24H23N5O2S. The van der Waals surface area contributed by atoms with E-state index in [-0.39, 0.29) is 17.7 Å². The van der Waals surface area contributed by atoms with Gasteiger partial charge in [0.1, 0.15) is 5.69 Å². The minimum atomic E-state index is -0.230. The Morgan fingerprint density at radius 3 is 2.81 bits per heavy atom. The highest BCUT2D eigenvalue weighted by atomic mass is 32.1. The molecule has 32 heavy (non-hydrogen) atoms. The molecule has 8 heteroatoms. The first-order valence-corrected chi connectivity index (χ1v) is 11.5. The van der Waals surface area contributed by atoms with E-state index in [2.05, 4.69) is 20.3 Å². The Bertz CT molecular complexity index is 1240. The van der Waals surface area contributed by atoms with Gasteiger partial charge in [0.25, 0.3) is 5.91 Å². The molecule has 4 aromatic rings. The SMILES string of the molecule is O=C(Nc1cccnc1)c1csc(C2CCN(C(=O)Cc3c[nH]c4ccccc34)CC2)n1. The maximum Gasteiger partial charge on any atom is 0.275 e. The first-order chi connectivity index (χ1) is 15.7. The van der Waals surface area contributed by atoms with Gasteiger partial charge in [-0.05, 0) is 36.6 Å². The van der Waals surface area contributed by atoms with E-state index in [1.807, 2.05) is 35.4 Å². The molecule has 0 radical (unpaired) electrons. The fraction of sp³-hybridized carbons (Fsp3) is 0.250. The molecule has 0 unspecified atom stereocenters. The lowest BCUT2D eigenvalue weighted by Crippen LogP contribution is -2.38. The second-order valence-corrected chi connectivity index (χ2v) is 8.85. The van der Waals surface area contributed by atoms with Gasteiger partial charge in [-0.3, -0.25) is 14.6 Å². The zero-order chi connectivity index (χ0) is 21.9. The monoisotopic (exact) mass is 445 g/mol. The molecule has 1 aromatic carbocycles. The number of benzene rings is 1. The number of amides is 2. The molecule has 0 spiro atoms. The molecule has 1 fully saturated rings. The van der Waals surface area contributed by atoms with Gasteiger partial charge in [0.2, 0.25) is 5.91 Å². The van der Waals surface area contributed by atoms with Crippen LogP contribution in [-0.4, -0.2) is 44.8 Å². The molecule has 0 saturated carbocycles. The Morgan fingerprint density at radius 2 is 2.00 bits per heavy atom. The number of anilines is 1. The second-order valence-electron chi connectivity index (χ2n) is 7.96. The van der Waals surface area contributed by atoms with Gasteiger partial charge in [-0.1, -0.05) is 18.2 Å². The summed E-state index contributed by atoms with van der Waals surface area (Å²) in [5.41, 5.74) is 3.17. The highest BCUT2D eigenvalue weighted by Gasteiger charge is 2.26. The third-order valence-corrected chi connectivity index (χ3v) is 6.89. The summed E-state index contributed by atoms with van der Waals surface area (Å²) in [5.74, 6) is 0.202. The molecule has 3 aromatic heterocycles. The van der Waals surface area contributed by atoms with Gasteiger partial charge >= 0.3 is 0 Å². The molecule has 162 valence electrons. The molecule has 1 aliphatic rings. The Morgan fingerprint density at radius 1 is 1.16 bits per heavy atom. The van der Waals surface area contributed by atoms with Crippen molar-refractivity contribution in [3.05, 3.63) is 76.6 Å². The van der Waals surface area contributed by atoms with E-state index < -0.39 is 0 Å². The lowest BCUT2D eigenvalue weighted by Gasteiger charge is -2.31. The fourth-order valence-corrected chi connectivity index (χ4v) is 5.11. The minimum Gasteiger partial charge on any atom is -0.361 e. The third kappa shape index (κ3) is 4.27. The van der Waals surface area contributed by atoms with E-state index in [0.29, 0.717) is 30.9 Å². The Hall–Kier alpha value is -3.52. The van der Waals surface area contributed by atoms with Crippen molar-refractivity contribution in [3.63, 3.8) is 0 Å². The average molecular weight is 446 g/mol. The summed E-state index contributed by atoms with van der Waals surface area (Å²) in [6.07, 6.45) is 7.32. The number of aromatic nitrogens is 3. The van der Waals surface area contributed by atoms with Gasteiger partial charge in [0, 0.05) is 47.7 Å². The van der Waals surface area contributed by atoms with Crippen LogP contribution in [0.3, 0.4) is 0 Å². The lowest BCUT2D eigenvalue weighted by atomic mass is 9.97. The van der Waals surface area contributed by atoms with Crippen molar-refractivity contribution in [2.45, 2.75) is 25.2 Å². The van der Waals surface area contributed by atoms with Crippen LogP contribution >= 0.6 is 11.3 Å². The van der Waals surface area contributed by atoms with Crippen LogP contribution in [0, 0.1) is 0 Å². The van der Waals surface area contributed by atoms with Crippen molar-refractivity contribution >= 4 is 39.7 Å². The number of rotatable bonds is 5. The topological polar surface area (TPSA) is 91.0 Å². The van der Waals surface area contributed by atoms with Gasteiger partial charge in [0.05, 0.1) is 23.3 Å². The molecule has 1 saturated heterocycles. The summed E-state index contributed by atoms with van der Waals surface area (Å²) in [6, 6.07) is 11.6. The number of nitrogens with one attached hydrogen (secondary N) is 2. The number of carbonyl (C=O) groups excluding carboxylic acids is 2. The molecule has 0 atom stereocenters. The summed E-state index contributed by atoms with van der Waals surface area (Å²) in [5, 5.41) is 6.69. The van der Waals surface area contributed by atoms with E-state index in [1.54, 1.807) is 29.9 Å². The summed E-state index contributed by atoms with van der Waals surface area (Å²) in [6.45, 7) is 1.42. The van der Waals surface area contributed by atoms with Gasteiger partial charge in [-0.15, -0.1) is 11.3 Å². The quantitative estimate of drug-likeness (QED) is 0.481. The standard InChI is InChI=1S/C24H23N5O2S/c30-22(12-17-13-26-20-6-2-1-5-19(17)20)29-10-7-16(8-11-29)24-28-21(15-32-24)23(31)27-18-4-3-9-25-14-18/h1-6,9,13-16,26H,7-8,10-12H2,(H,27,31). The number of likely N-dealkylation sites (tertiary alicyclic amines) is 1. The number of hydrogen-bond donors (Lipinski definition) is 2. The zero-order valence-electron chi connectivity index (χ0n) is 17.5. The molecular weight excluding hydrogens is 422 g/mol. The number of aromatic amines is 1. The van der Waals surface area contributed by atoms with Crippen LogP contribution in [0.5, 0.6) is 0 Å². The van der Waals surface area contributed by atoms with Crippen molar-refractivity contribution in [1.29, 1.82) is 0 Å². The van der Waals surface area contributed by atoms with E-state index in [4.69, 9.17) is 0 Å². The molecule has 0 bridgehead atoms. The molecule has 1 aliphatic heterocycles. The fourth-order valence-electron chi connectivity index (χ4n) is 4.14. The van der Waals surface area contributed by atoms with Crippen LogP contribution in [0.2, 0.25) is 0 Å². The van der Waals surface area contributed by atoms with Crippen LogP contribution in [0.4, 0.5) is 5.69 Å². The van der Waals surface area contributed by atoms with Crippen molar-refractivity contribution < 1.29 is 9.59 Å². The average Bonchev–Trinajstić information content (AvgIpc) is 3.48. The van der Waals surface area contributed by atoms with Crippen molar-refractivity contribution in [2.24, 2.45) is 0 Å². The summed E-state index contributed by atoms with van der Waals surface area (Å²) >= 11 is 1.51. The normalized spacial score (nSPS) is 14.6. The number of carbonyl (C=O) groups is 2. The van der Waals surface area contributed by atoms with E-state index in [0.717, 1.165) is 34.3 Å². The number of thiazole rings is 1. The number of fused-ring (bicyclic) bond motifs is 1. The third-order valence-electron chi connectivity index (χ3n) is 5.89. The predicted molar refractivity (Wildman–Crippen MR) is 125 cm³/mol. The van der Waals surface area contributed by atoms with Crippen molar-refractivity contribution in [2.75, 3.05) is 18.4 Å². The Kier molecular flexibility index (Phi) is 5.68. The van der Waals surface area contributed by atoms with Gasteiger partial charge in [0.15, 0.2) is 0 Å². The predicted octanol–water partition coefficient (Wildman–Crippen LogP) is 4.22. The van der Waals surface area contributed by atoms with Crippen LogP contribution in [-0.2, 0) is 11.2 Å². The second kappa shape index (κ2) is 8.92. The maximum absolute atomic E-state index is 12.9. The van der Waals surface area contributed by atoms with Crippen molar-refractivity contribution in [1.82, 2.24) is 19.9 Å². The zero-order valence-corrected chi connectivity index (χ0v) is 18.3. The molecule has 2 N–H and O–H groups in total.